The zero-order valence-corrected chi connectivity index (χ0v) is 13.2. The van der Waals surface area contributed by atoms with Crippen molar-refractivity contribution in [1.82, 2.24) is 5.32 Å². The second kappa shape index (κ2) is 6.49. The minimum atomic E-state index is 0.474. The standard InChI is InChI=1S/C17H27NO2/c1-17(2)7-5-6-14(11-17)18-12-13-8-15(19-3)10-16(9-13)20-4/h8-10,14,18H,5-7,11-12H2,1-4H3. The number of ether oxygens (including phenoxy) is 2. The molecule has 1 saturated carbocycles. The molecule has 1 aromatic rings. The van der Waals surface area contributed by atoms with Crippen LogP contribution in [0.15, 0.2) is 18.2 Å². The highest BCUT2D eigenvalue weighted by Gasteiger charge is 2.27. The fourth-order valence-corrected chi connectivity index (χ4v) is 3.10. The Balaban J connectivity index is 1.96. The molecule has 3 heteroatoms. The Morgan fingerprint density at radius 3 is 2.35 bits per heavy atom. The molecule has 1 N–H and O–H groups in total. The van der Waals surface area contributed by atoms with Gasteiger partial charge in [0.25, 0.3) is 0 Å². The molecule has 1 aliphatic rings. The average Bonchev–Trinajstić information content (AvgIpc) is 2.43. The molecule has 0 saturated heterocycles. The summed E-state index contributed by atoms with van der Waals surface area (Å²) >= 11 is 0. The van der Waals surface area contributed by atoms with E-state index in [4.69, 9.17) is 9.47 Å². The molecular weight excluding hydrogens is 250 g/mol. The van der Waals surface area contributed by atoms with Gasteiger partial charge in [-0.3, -0.25) is 0 Å². The molecule has 0 bridgehead atoms. The van der Waals surface area contributed by atoms with Crippen LogP contribution in [0.5, 0.6) is 11.5 Å². The van der Waals surface area contributed by atoms with E-state index in [1.807, 2.05) is 6.07 Å². The van der Waals surface area contributed by atoms with Crippen LogP contribution in [0.2, 0.25) is 0 Å². The van der Waals surface area contributed by atoms with E-state index in [0.717, 1.165) is 18.0 Å². The minimum absolute atomic E-state index is 0.474. The van der Waals surface area contributed by atoms with Gasteiger partial charge in [-0.2, -0.15) is 0 Å². The van der Waals surface area contributed by atoms with Crippen molar-refractivity contribution in [2.75, 3.05) is 14.2 Å². The van der Waals surface area contributed by atoms with Gasteiger partial charge in [-0.05, 0) is 42.4 Å². The van der Waals surface area contributed by atoms with Crippen LogP contribution in [0.1, 0.15) is 45.1 Å². The van der Waals surface area contributed by atoms with Crippen molar-refractivity contribution < 1.29 is 9.47 Å². The van der Waals surface area contributed by atoms with Gasteiger partial charge in [-0.25, -0.2) is 0 Å². The summed E-state index contributed by atoms with van der Waals surface area (Å²) in [7, 11) is 3.38. The first kappa shape index (κ1) is 15.2. The highest BCUT2D eigenvalue weighted by molar-refractivity contribution is 5.38. The summed E-state index contributed by atoms with van der Waals surface area (Å²) in [6.45, 7) is 5.61. The molecule has 3 nitrogen and oxygen atoms in total. The van der Waals surface area contributed by atoms with Gasteiger partial charge in [0, 0.05) is 18.7 Å². The molecule has 1 aliphatic carbocycles. The van der Waals surface area contributed by atoms with Crippen molar-refractivity contribution in [3.63, 3.8) is 0 Å². The van der Waals surface area contributed by atoms with E-state index < -0.39 is 0 Å². The van der Waals surface area contributed by atoms with Gasteiger partial charge in [0.1, 0.15) is 11.5 Å². The lowest BCUT2D eigenvalue weighted by molar-refractivity contribution is 0.197. The van der Waals surface area contributed by atoms with Gasteiger partial charge in [-0.1, -0.05) is 20.3 Å². The summed E-state index contributed by atoms with van der Waals surface area (Å²) in [5.41, 5.74) is 1.69. The van der Waals surface area contributed by atoms with Gasteiger partial charge in [0.05, 0.1) is 14.2 Å². The third kappa shape index (κ3) is 4.14. The van der Waals surface area contributed by atoms with Crippen molar-refractivity contribution in [2.45, 2.75) is 52.1 Å². The molecule has 1 fully saturated rings. The summed E-state index contributed by atoms with van der Waals surface area (Å²) in [4.78, 5) is 0. The van der Waals surface area contributed by atoms with Crippen LogP contribution in [0.4, 0.5) is 0 Å². The van der Waals surface area contributed by atoms with E-state index in [2.05, 4.69) is 31.3 Å². The van der Waals surface area contributed by atoms with E-state index in [0.29, 0.717) is 11.5 Å². The number of hydrogen-bond donors (Lipinski definition) is 1. The Morgan fingerprint density at radius 2 is 1.80 bits per heavy atom. The first-order chi connectivity index (χ1) is 9.52. The highest BCUT2D eigenvalue weighted by Crippen LogP contribution is 2.35. The van der Waals surface area contributed by atoms with Crippen molar-refractivity contribution in [2.24, 2.45) is 5.41 Å². The Hall–Kier alpha value is -1.22. The van der Waals surface area contributed by atoms with Crippen LogP contribution in [-0.2, 0) is 6.54 Å². The van der Waals surface area contributed by atoms with Crippen LogP contribution in [0.25, 0.3) is 0 Å². The molecule has 0 aromatic heterocycles. The molecule has 1 unspecified atom stereocenters. The Morgan fingerprint density at radius 1 is 1.15 bits per heavy atom. The van der Waals surface area contributed by atoms with Crippen LogP contribution < -0.4 is 14.8 Å². The van der Waals surface area contributed by atoms with Gasteiger partial charge >= 0.3 is 0 Å². The summed E-state index contributed by atoms with van der Waals surface area (Å²) in [6, 6.07) is 6.68. The quantitative estimate of drug-likeness (QED) is 0.889. The SMILES string of the molecule is COc1cc(CNC2CCCC(C)(C)C2)cc(OC)c1. The summed E-state index contributed by atoms with van der Waals surface area (Å²) in [5.74, 6) is 1.70. The van der Waals surface area contributed by atoms with Crippen LogP contribution >= 0.6 is 0 Å². The van der Waals surface area contributed by atoms with Crippen molar-refractivity contribution in [1.29, 1.82) is 0 Å². The first-order valence-electron chi connectivity index (χ1n) is 7.48. The molecule has 0 spiro atoms. The largest absolute Gasteiger partial charge is 0.497 e. The predicted molar refractivity (Wildman–Crippen MR) is 82.4 cm³/mol. The van der Waals surface area contributed by atoms with Crippen LogP contribution in [0.3, 0.4) is 0 Å². The molecule has 0 amide bonds. The molecule has 0 radical (unpaired) electrons. The lowest BCUT2D eigenvalue weighted by Crippen LogP contribution is -2.36. The monoisotopic (exact) mass is 277 g/mol. The second-order valence-electron chi connectivity index (χ2n) is 6.56. The lowest BCUT2D eigenvalue weighted by atomic mass is 9.75. The third-order valence-corrected chi connectivity index (χ3v) is 4.21. The van der Waals surface area contributed by atoms with Gasteiger partial charge in [-0.15, -0.1) is 0 Å². The normalized spacial score (nSPS) is 21.5. The maximum absolute atomic E-state index is 5.31. The minimum Gasteiger partial charge on any atom is -0.497 e. The number of methoxy groups -OCH3 is 2. The van der Waals surface area contributed by atoms with Gasteiger partial charge < -0.3 is 14.8 Å². The predicted octanol–water partition coefficient (Wildman–Crippen LogP) is 3.76. The number of hydrogen-bond acceptors (Lipinski definition) is 3. The van der Waals surface area contributed by atoms with Gasteiger partial charge in [0.2, 0.25) is 0 Å². The fourth-order valence-electron chi connectivity index (χ4n) is 3.10. The number of nitrogens with one attached hydrogen (secondary N) is 1. The summed E-state index contributed by atoms with van der Waals surface area (Å²) in [5, 5.41) is 3.69. The van der Waals surface area contributed by atoms with E-state index >= 15 is 0 Å². The average molecular weight is 277 g/mol. The smallest absolute Gasteiger partial charge is 0.122 e. The van der Waals surface area contributed by atoms with Crippen molar-refractivity contribution in [3.05, 3.63) is 23.8 Å². The number of benzene rings is 1. The van der Waals surface area contributed by atoms with E-state index in [1.54, 1.807) is 14.2 Å². The first-order valence-corrected chi connectivity index (χ1v) is 7.48. The van der Waals surface area contributed by atoms with Gasteiger partial charge in [0.15, 0.2) is 0 Å². The Labute approximate surface area is 122 Å². The van der Waals surface area contributed by atoms with E-state index in [1.165, 1.54) is 31.2 Å². The molecule has 0 aliphatic heterocycles. The maximum Gasteiger partial charge on any atom is 0.122 e. The Kier molecular flexibility index (Phi) is 4.92. The molecule has 2 rings (SSSR count). The molecule has 20 heavy (non-hydrogen) atoms. The van der Waals surface area contributed by atoms with E-state index in [9.17, 15) is 0 Å². The third-order valence-electron chi connectivity index (χ3n) is 4.21. The summed E-state index contributed by atoms with van der Waals surface area (Å²) in [6.07, 6.45) is 5.21. The van der Waals surface area contributed by atoms with E-state index in [-0.39, 0.29) is 0 Å². The fraction of sp³-hybridized carbons (Fsp3) is 0.647. The molecule has 112 valence electrons. The molecule has 1 aromatic carbocycles. The van der Waals surface area contributed by atoms with Crippen molar-refractivity contribution in [3.8, 4) is 11.5 Å². The maximum atomic E-state index is 5.31. The number of rotatable bonds is 5. The highest BCUT2D eigenvalue weighted by atomic mass is 16.5. The summed E-state index contributed by atoms with van der Waals surface area (Å²) < 4.78 is 10.6. The lowest BCUT2D eigenvalue weighted by Gasteiger charge is -2.35. The molecule has 1 atom stereocenters. The molecular formula is C17H27NO2. The van der Waals surface area contributed by atoms with Crippen molar-refractivity contribution >= 4 is 0 Å². The van der Waals surface area contributed by atoms with Crippen LogP contribution in [-0.4, -0.2) is 20.3 Å². The zero-order valence-electron chi connectivity index (χ0n) is 13.2. The zero-order chi connectivity index (χ0) is 14.6. The molecule has 0 heterocycles. The second-order valence-corrected chi connectivity index (χ2v) is 6.56. The van der Waals surface area contributed by atoms with Crippen LogP contribution in [0, 0.1) is 5.41 Å². The topological polar surface area (TPSA) is 30.5 Å². The Bertz CT molecular complexity index is 420.